The molecule has 23 heavy (non-hydrogen) atoms. The molecule has 1 aromatic heterocycles. The Kier molecular flexibility index (Phi) is 4.54. The molecule has 1 amide bonds. The number of fused-ring (bicyclic) bond motifs is 1. The lowest BCUT2D eigenvalue weighted by molar-refractivity contribution is -0.135. The number of carboxylic acids is 1. The van der Waals surface area contributed by atoms with Crippen LogP contribution in [0.15, 0.2) is 27.4 Å². The molecule has 0 fully saturated rings. The third kappa shape index (κ3) is 3.60. The summed E-state index contributed by atoms with van der Waals surface area (Å²) < 4.78 is 10.5. The normalized spacial score (nSPS) is 10.7. The number of nitrogens with one attached hydrogen (secondary N) is 1. The first kappa shape index (κ1) is 16.3. The first-order valence-electron chi connectivity index (χ1n) is 6.76. The van der Waals surface area contributed by atoms with Gasteiger partial charge in [-0.2, -0.15) is 0 Å². The fourth-order valence-corrected chi connectivity index (χ4v) is 1.96. The van der Waals surface area contributed by atoms with E-state index in [-0.39, 0.29) is 17.1 Å². The molecule has 1 aromatic carbocycles. The number of hydrogen-bond acceptors (Lipinski definition) is 6. The minimum Gasteiger partial charge on any atom is -0.506 e. The van der Waals surface area contributed by atoms with Gasteiger partial charge in [0.15, 0.2) is 5.56 Å². The Morgan fingerprint density at radius 3 is 2.65 bits per heavy atom. The first-order chi connectivity index (χ1) is 10.8. The Labute approximate surface area is 130 Å². The van der Waals surface area contributed by atoms with E-state index in [0.29, 0.717) is 5.75 Å². The van der Waals surface area contributed by atoms with Crippen LogP contribution in [0.1, 0.15) is 24.2 Å². The number of rotatable bonds is 5. The number of benzene rings is 1. The second-order valence-electron chi connectivity index (χ2n) is 5.01. The van der Waals surface area contributed by atoms with Crippen molar-refractivity contribution < 1.29 is 29.0 Å². The molecule has 0 spiro atoms. The van der Waals surface area contributed by atoms with Crippen LogP contribution >= 0.6 is 0 Å². The molecule has 2 rings (SSSR count). The number of aliphatic carboxylic acids is 1. The third-order valence-electron chi connectivity index (χ3n) is 2.85. The minimum atomic E-state index is -1.28. The predicted octanol–water partition coefficient (Wildman–Crippen LogP) is 1.10. The highest BCUT2D eigenvalue weighted by Crippen LogP contribution is 2.30. The molecule has 122 valence electrons. The molecular weight excluding hydrogens is 306 g/mol. The van der Waals surface area contributed by atoms with E-state index in [9.17, 15) is 19.5 Å². The number of hydrogen-bond donors (Lipinski definition) is 3. The lowest BCUT2D eigenvalue weighted by atomic mass is 10.1. The maximum absolute atomic E-state index is 11.9. The van der Waals surface area contributed by atoms with Crippen LogP contribution in [0.25, 0.3) is 11.0 Å². The Morgan fingerprint density at radius 1 is 1.35 bits per heavy atom. The fraction of sp³-hybridized carbons (Fsp3) is 0.267. The van der Waals surface area contributed by atoms with Gasteiger partial charge >= 0.3 is 11.6 Å². The van der Waals surface area contributed by atoms with E-state index in [1.807, 2.05) is 19.2 Å². The molecule has 0 aliphatic carbocycles. The van der Waals surface area contributed by atoms with Crippen molar-refractivity contribution in [3.63, 3.8) is 0 Å². The molecule has 0 aliphatic rings. The number of carboxylic acid groups (broad SMARTS) is 1. The van der Waals surface area contributed by atoms with Gasteiger partial charge in [0.1, 0.15) is 23.6 Å². The van der Waals surface area contributed by atoms with Crippen molar-refractivity contribution in [3.8, 4) is 11.5 Å². The summed E-state index contributed by atoms with van der Waals surface area (Å²) >= 11 is 0. The lowest BCUT2D eigenvalue weighted by Gasteiger charge is -2.11. The van der Waals surface area contributed by atoms with Gasteiger partial charge in [0.25, 0.3) is 5.91 Å². The van der Waals surface area contributed by atoms with E-state index in [1.54, 1.807) is 6.07 Å². The Hall–Kier alpha value is -3.03. The average Bonchev–Trinajstić information content (AvgIpc) is 2.45. The molecular formula is C15H15NO7. The van der Waals surface area contributed by atoms with E-state index in [2.05, 4.69) is 0 Å². The second-order valence-corrected chi connectivity index (χ2v) is 5.01. The maximum Gasteiger partial charge on any atom is 0.353 e. The van der Waals surface area contributed by atoms with Crippen LogP contribution in [-0.2, 0) is 4.79 Å². The molecule has 0 aliphatic heterocycles. The third-order valence-corrected chi connectivity index (χ3v) is 2.85. The zero-order valence-electron chi connectivity index (χ0n) is 12.5. The van der Waals surface area contributed by atoms with Gasteiger partial charge < -0.3 is 24.7 Å². The molecule has 0 atom stereocenters. The topological polar surface area (TPSA) is 126 Å². The number of aromatic hydroxyl groups is 1. The van der Waals surface area contributed by atoms with Crippen LogP contribution in [0.5, 0.6) is 11.5 Å². The lowest BCUT2D eigenvalue weighted by Crippen LogP contribution is -2.32. The number of ether oxygens (including phenoxy) is 1. The van der Waals surface area contributed by atoms with Crippen molar-refractivity contribution in [1.29, 1.82) is 0 Å². The van der Waals surface area contributed by atoms with Gasteiger partial charge in [0.05, 0.1) is 11.5 Å². The van der Waals surface area contributed by atoms with Gasteiger partial charge in [0.2, 0.25) is 0 Å². The van der Waals surface area contributed by atoms with E-state index in [4.69, 9.17) is 14.3 Å². The Bertz CT molecular complexity index is 822. The Morgan fingerprint density at radius 2 is 2.04 bits per heavy atom. The second kappa shape index (κ2) is 6.39. The summed E-state index contributed by atoms with van der Waals surface area (Å²) in [6.45, 7) is 2.95. The van der Waals surface area contributed by atoms with E-state index >= 15 is 0 Å². The largest absolute Gasteiger partial charge is 0.506 e. The van der Waals surface area contributed by atoms with Gasteiger partial charge in [-0.15, -0.1) is 0 Å². The first-order valence-corrected chi connectivity index (χ1v) is 6.76. The molecule has 0 saturated carbocycles. The molecule has 0 radical (unpaired) electrons. The molecule has 1 heterocycles. The van der Waals surface area contributed by atoms with Crippen LogP contribution in [0.4, 0.5) is 0 Å². The highest BCUT2D eigenvalue weighted by molar-refractivity contribution is 6.02. The standard InChI is InChI=1S/C15H15NO7/c1-7(2)22-8-3-4-10-9(5-8)13(19)12(15(21)23-10)14(20)16-6-11(17)18/h3-5,7,19H,6H2,1-2H3,(H,16,20)(H,17,18). The zero-order valence-corrected chi connectivity index (χ0v) is 12.5. The Balaban J connectivity index is 2.51. The quantitative estimate of drug-likeness (QED) is 0.704. The summed E-state index contributed by atoms with van der Waals surface area (Å²) in [4.78, 5) is 34.2. The van der Waals surface area contributed by atoms with E-state index < -0.39 is 35.4 Å². The van der Waals surface area contributed by atoms with Crippen molar-refractivity contribution in [2.24, 2.45) is 0 Å². The highest BCUT2D eigenvalue weighted by Gasteiger charge is 2.21. The molecule has 2 aromatic rings. The van der Waals surface area contributed by atoms with Crippen molar-refractivity contribution in [3.05, 3.63) is 34.2 Å². The van der Waals surface area contributed by atoms with E-state index in [1.165, 1.54) is 12.1 Å². The van der Waals surface area contributed by atoms with Crippen LogP contribution in [0, 0.1) is 0 Å². The molecule has 8 heteroatoms. The summed E-state index contributed by atoms with van der Waals surface area (Å²) in [5, 5.41) is 20.9. The fourth-order valence-electron chi connectivity index (χ4n) is 1.96. The van der Waals surface area contributed by atoms with Gasteiger partial charge in [0, 0.05) is 0 Å². The highest BCUT2D eigenvalue weighted by atomic mass is 16.5. The van der Waals surface area contributed by atoms with Crippen molar-refractivity contribution >= 4 is 22.8 Å². The van der Waals surface area contributed by atoms with Crippen molar-refractivity contribution in [2.75, 3.05) is 6.54 Å². The number of amides is 1. The van der Waals surface area contributed by atoms with Crippen LogP contribution in [0.3, 0.4) is 0 Å². The van der Waals surface area contributed by atoms with Gasteiger partial charge in [-0.1, -0.05) is 0 Å². The maximum atomic E-state index is 11.9. The monoisotopic (exact) mass is 321 g/mol. The smallest absolute Gasteiger partial charge is 0.353 e. The van der Waals surface area contributed by atoms with Crippen LogP contribution < -0.4 is 15.7 Å². The van der Waals surface area contributed by atoms with Gasteiger partial charge in [-0.3, -0.25) is 9.59 Å². The van der Waals surface area contributed by atoms with Crippen LogP contribution in [0.2, 0.25) is 0 Å². The summed E-state index contributed by atoms with van der Waals surface area (Å²) in [5.74, 6) is -2.48. The summed E-state index contributed by atoms with van der Waals surface area (Å²) in [6.07, 6.45) is -0.108. The number of carbonyl (C=O) groups is 2. The van der Waals surface area contributed by atoms with Crippen molar-refractivity contribution in [1.82, 2.24) is 5.32 Å². The molecule has 0 bridgehead atoms. The summed E-state index contributed by atoms with van der Waals surface area (Å²) in [6, 6.07) is 4.43. The molecule has 0 saturated heterocycles. The SMILES string of the molecule is CC(C)Oc1ccc2oc(=O)c(C(=O)NCC(=O)O)c(O)c2c1. The van der Waals surface area contributed by atoms with E-state index in [0.717, 1.165) is 0 Å². The summed E-state index contributed by atoms with van der Waals surface area (Å²) in [5.41, 5.74) is -1.63. The van der Waals surface area contributed by atoms with Crippen molar-refractivity contribution in [2.45, 2.75) is 20.0 Å². The van der Waals surface area contributed by atoms with Crippen LogP contribution in [-0.4, -0.2) is 34.7 Å². The molecule has 3 N–H and O–H groups in total. The summed E-state index contributed by atoms with van der Waals surface area (Å²) in [7, 11) is 0. The predicted molar refractivity (Wildman–Crippen MR) is 79.9 cm³/mol. The zero-order chi connectivity index (χ0) is 17.1. The average molecular weight is 321 g/mol. The molecule has 0 unspecified atom stereocenters. The van der Waals surface area contributed by atoms with Gasteiger partial charge in [-0.05, 0) is 32.0 Å². The number of carbonyl (C=O) groups excluding carboxylic acids is 1. The molecule has 8 nitrogen and oxygen atoms in total. The van der Waals surface area contributed by atoms with Gasteiger partial charge in [-0.25, -0.2) is 4.79 Å². The minimum absolute atomic E-state index is 0.0818.